The van der Waals surface area contributed by atoms with Crippen molar-refractivity contribution in [1.29, 1.82) is 0 Å². The van der Waals surface area contributed by atoms with Crippen molar-refractivity contribution in [1.82, 2.24) is 10.9 Å². The highest BCUT2D eigenvalue weighted by Crippen LogP contribution is 2.28. The van der Waals surface area contributed by atoms with E-state index in [4.69, 9.17) is 55.9 Å². The molecule has 144 valence electrons. The van der Waals surface area contributed by atoms with E-state index in [0.29, 0.717) is 10.0 Å². The van der Waals surface area contributed by atoms with Gasteiger partial charge in [-0.25, -0.2) is 0 Å². The standard InChI is InChI=1S/C17H14Cl4N2O4/c1-9(27-15-5-3-11(19)7-13(15)21)17(25)23-22-16(24)8-26-14-4-2-10(18)6-12(14)20/h2-7,9H,8H2,1H3,(H,22,24)(H,23,25)/t9-/m1/s1. The summed E-state index contributed by atoms with van der Waals surface area (Å²) in [5.41, 5.74) is 4.43. The fourth-order valence-corrected chi connectivity index (χ4v) is 2.74. The number of rotatable bonds is 6. The van der Waals surface area contributed by atoms with Crippen LogP contribution in [0, 0.1) is 0 Å². The first-order valence-corrected chi connectivity index (χ1v) is 9.05. The zero-order chi connectivity index (χ0) is 20.0. The molecule has 0 saturated carbocycles. The van der Waals surface area contributed by atoms with Crippen LogP contribution in [0.25, 0.3) is 0 Å². The average molecular weight is 452 g/mol. The fraction of sp³-hybridized carbons (Fsp3) is 0.176. The number of carbonyl (C=O) groups excluding carboxylic acids is 2. The van der Waals surface area contributed by atoms with Crippen LogP contribution in [0.1, 0.15) is 6.92 Å². The molecule has 1 atom stereocenters. The molecule has 0 aliphatic rings. The molecule has 0 spiro atoms. The highest BCUT2D eigenvalue weighted by atomic mass is 35.5. The molecule has 0 unspecified atom stereocenters. The zero-order valence-electron chi connectivity index (χ0n) is 13.9. The van der Waals surface area contributed by atoms with Gasteiger partial charge in [-0.3, -0.25) is 20.4 Å². The second-order valence-corrected chi connectivity index (χ2v) is 6.92. The Hall–Kier alpha value is -1.86. The van der Waals surface area contributed by atoms with Crippen LogP contribution in [0.15, 0.2) is 36.4 Å². The van der Waals surface area contributed by atoms with Gasteiger partial charge < -0.3 is 9.47 Å². The molecule has 0 fully saturated rings. The maximum atomic E-state index is 12.0. The molecular weight excluding hydrogens is 438 g/mol. The monoisotopic (exact) mass is 450 g/mol. The number of nitrogens with one attached hydrogen (secondary N) is 2. The van der Waals surface area contributed by atoms with Gasteiger partial charge in [0.05, 0.1) is 10.0 Å². The normalized spacial score (nSPS) is 11.4. The van der Waals surface area contributed by atoms with Crippen LogP contribution in [-0.4, -0.2) is 24.5 Å². The van der Waals surface area contributed by atoms with Gasteiger partial charge in [0.15, 0.2) is 12.7 Å². The van der Waals surface area contributed by atoms with Gasteiger partial charge in [0, 0.05) is 10.0 Å². The predicted molar refractivity (Wildman–Crippen MR) is 105 cm³/mol. The smallest absolute Gasteiger partial charge is 0.279 e. The molecule has 2 amide bonds. The first kappa shape index (κ1) is 21.4. The Labute approximate surface area is 175 Å². The highest BCUT2D eigenvalue weighted by Gasteiger charge is 2.17. The van der Waals surface area contributed by atoms with Crippen molar-refractivity contribution in [2.75, 3.05) is 6.61 Å². The molecule has 0 bridgehead atoms. The first-order valence-electron chi connectivity index (χ1n) is 7.54. The molecule has 6 nitrogen and oxygen atoms in total. The Balaban J connectivity index is 1.79. The Morgan fingerprint density at radius 1 is 0.926 bits per heavy atom. The number of amides is 2. The van der Waals surface area contributed by atoms with Gasteiger partial charge in [-0.2, -0.15) is 0 Å². The van der Waals surface area contributed by atoms with E-state index in [0.717, 1.165) is 0 Å². The minimum absolute atomic E-state index is 0.263. The SMILES string of the molecule is C[C@@H](Oc1ccc(Cl)cc1Cl)C(=O)NNC(=O)COc1ccc(Cl)cc1Cl. The summed E-state index contributed by atoms with van der Waals surface area (Å²) in [6, 6.07) is 9.19. The molecule has 2 aromatic rings. The molecule has 2 rings (SSSR count). The van der Waals surface area contributed by atoms with Gasteiger partial charge >= 0.3 is 0 Å². The lowest BCUT2D eigenvalue weighted by atomic mass is 10.3. The second-order valence-electron chi connectivity index (χ2n) is 5.24. The largest absolute Gasteiger partial charge is 0.482 e. The molecule has 0 aromatic heterocycles. The molecule has 2 N–H and O–H groups in total. The molecule has 0 aliphatic heterocycles. The summed E-state index contributed by atoms with van der Waals surface area (Å²) in [4.78, 5) is 23.8. The van der Waals surface area contributed by atoms with Crippen LogP contribution in [-0.2, 0) is 9.59 Å². The third kappa shape index (κ3) is 6.66. The van der Waals surface area contributed by atoms with E-state index in [1.807, 2.05) is 0 Å². The summed E-state index contributed by atoms with van der Waals surface area (Å²) in [5, 5.41) is 1.41. The molecule has 0 heterocycles. The third-order valence-electron chi connectivity index (χ3n) is 3.14. The topological polar surface area (TPSA) is 76.7 Å². The van der Waals surface area contributed by atoms with Gasteiger partial charge in [-0.15, -0.1) is 0 Å². The quantitative estimate of drug-likeness (QED) is 0.642. The lowest BCUT2D eigenvalue weighted by molar-refractivity contribution is -0.133. The number of hydrogen-bond donors (Lipinski definition) is 2. The Morgan fingerprint density at radius 2 is 1.48 bits per heavy atom. The number of benzene rings is 2. The molecule has 27 heavy (non-hydrogen) atoms. The van der Waals surface area contributed by atoms with E-state index < -0.39 is 17.9 Å². The summed E-state index contributed by atoms with van der Waals surface area (Å²) in [7, 11) is 0. The molecule has 0 radical (unpaired) electrons. The maximum absolute atomic E-state index is 12.0. The van der Waals surface area contributed by atoms with Crippen LogP contribution >= 0.6 is 46.4 Å². The van der Waals surface area contributed by atoms with E-state index in [1.165, 1.54) is 31.2 Å². The number of ether oxygens (including phenoxy) is 2. The number of carbonyl (C=O) groups is 2. The van der Waals surface area contributed by atoms with Crippen LogP contribution in [0.3, 0.4) is 0 Å². The van der Waals surface area contributed by atoms with E-state index in [9.17, 15) is 9.59 Å². The number of halogens is 4. The van der Waals surface area contributed by atoms with Gasteiger partial charge in [0.2, 0.25) is 0 Å². The number of hydrazine groups is 1. The average Bonchev–Trinajstić information content (AvgIpc) is 2.61. The second kappa shape index (κ2) is 9.90. The van der Waals surface area contributed by atoms with Crippen molar-refractivity contribution >= 4 is 58.2 Å². The van der Waals surface area contributed by atoms with Gasteiger partial charge in [0.25, 0.3) is 11.8 Å². The predicted octanol–water partition coefficient (Wildman–Crippen LogP) is 4.29. The molecular formula is C17H14Cl4N2O4. The molecule has 0 aliphatic carbocycles. The molecule has 0 saturated heterocycles. The van der Waals surface area contributed by atoms with Crippen molar-refractivity contribution in [3.63, 3.8) is 0 Å². The van der Waals surface area contributed by atoms with Crippen LogP contribution < -0.4 is 20.3 Å². The van der Waals surface area contributed by atoms with Crippen molar-refractivity contribution in [2.24, 2.45) is 0 Å². The van der Waals surface area contributed by atoms with Crippen LogP contribution in [0.4, 0.5) is 0 Å². The summed E-state index contributed by atoms with van der Waals surface area (Å²) >= 11 is 23.5. The first-order chi connectivity index (χ1) is 12.8. The van der Waals surface area contributed by atoms with E-state index >= 15 is 0 Å². The minimum atomic E-state index is -0.921. The minimum Gasteiger partial charge on any atom is -0.482 e. The molecule has 10 heteroatoms. The Bertz CT molecular complexity index is 848. The molecule has 2 aromatic carbocycles. The van der Waals surface area contributed by atoms with Gasteiger partial charge in [0.1, 0.15) is 11.5 Å². The lowest BCUT2D eigenvalue weighted by Gasteiger charge is -2.16. The van der Waals surface area contributed by atoms with Crippen molar-refractivity contribution in [3.05, 3.63) is 56.5 Å². The van der Waals surface area contributed by atoms with Gasteiger partial charge in [-0.1, -0.05) is 46.4 Å². The van der Waals surface area contributed by atoms with Crippen LogP contribution in [0.5, 0.6) is 11.5 Å². The Kier molecular flexibility index (Phi) is 7.86. The summed E-state index contributed by atoms with van der Waals surface area (Å²) in [6.07, 6.45) is -0.921. The van der Waals surface area contributed by atoms with E-state index in [1.54, 1.807) is 12.1 Å². The highest BCUT2D eigenvalue weighted by molar-refractivity contribution is 6.36. The third-order valence-corrected chi connectivity index (χ3v) is 4.21. The Morgan fingerprint density at radius 3 is 2.04 bits per heavy atom. The van der Waals surface area contributed by atoms with Crippen molar-refractivity contribution in [2.45, 2.75) is 13.0 Å². The summed E-state index contributed by atoms with van der Waals surface area (Å²) < 4.78 is 10.7. The van der Waals surface area contributed by atoms with E-state index in [-0.39, 0.29) is 28.2 Å². The lowest BCUT2D eigenvalue weighted by Crippen LogP contribution is -2.48. The van der Waals surface area contributed by atoms with Crippen molar-refractivity contribution in [3.8, 4) is 11.5 Å². The zero-order valence-corrected chi connectivity index (χ0v) is 16.9. The van der Waals surface area contributed by atoms with Gasteiger partial charge in [-0.05, 0) is 43.3 Å². The van der Waals surface area contributed by atoms with Crippen molar-refractivity contribution < 1.29 is 19.1 Å². The summed E-state index contributed by atoms with van der Waals surface area (Å²) in [6.45, 7) is 1.14. The fourth-order valence-electron chi connectivity index (χ4n) is 1.82. The summed E-state index contributed by atoms with van der Waals surface area (Å²) in [5.74, 6) is -0.600. The van der Waals surface area contributed by atoms with E-state index in [2.05, 4.69) is 10.9 Å². The van der Waals surface area contributed by atoms with Crippen LogP contribution in [0.2, 0.25) is 20.1 Å². The number of hydrogen-bond acceptors (Lipinski definition) is 4. The maximum Gasteiger partial charge on any atom is 0.279 e.